The maximum Gasteiger partial charge on any atom is 0.162 e. The first-order chi connectivity index (χ1) is 6.23. The van der Waals surface area contributed by atoms with E-state index in [-0.39, 0.29) is 5.60 Å². The molecule has 1 atom stereocenters. The van der Waals surface area contributed by atoms with Gasteiger partial charge >= 0.3 is 0 Å². The van der Waals surface area contributed by atoms with Crippen LogP contribution < -0.4 is 9.47 Å². The SMILES string of the molecule is CCC1(C)COc2ccccc2O1. The molecule has 0 radical (unpaired) electrons. The Morgan fingerprint density at radius 3 is 2.69 bits per heavy atom. The molecule has 0 spiro atoms. The topological polar surface area (TPSA) is 18.5 Å². The first-order valence-corrected chi connectivity index (χ1v) is 4.64. The predicted octanol–water partition coefficient (Wildman–Crippen LogP) is 2.63. The highest BCUT2D eigenvalue weighted by Crippen LogP contribution is 2.35. The number of benzene rings is 1. The summed E-state index contributed by atoms with van der Waals surface area (Å²) in [4.78, 5) is 0. The first-order valence-electron chi connectivity index (χ1n) is 4.64. The minimum absolute atomic E-state index is 0.158. The van der Waals surface area contributed by atoms with Crippen LogP contribution in [-0.4, -0.2) is 12.2 Å². The van der Waals surface area contributed by atoms with Crippen LogP contribution >= 0.6 is 0 Å². The average molecular weight is 178 g/mol. The minimum atomic E-state index is -0.158. The van der Waals surface area contributed by atoms with E-state index in [1.807, 2.05) is 24.3 Å². The molecule has 70 valence electrons. The summed E-state index contributed by atoms with van der Waals surface area (Å²) in [6, 6.07) is 7.80. The molecule has 1 aliphatic rings. The Morgan fingerprint density at radius 1 is 1.31 bits per heavy atom. The predicted molar refractivity (Wildman–Crippen MR) is 51.3 cm³/mol. The number of rotatable bonds is 1. The smallest absolute Gasteiger partial charge is 0.162 e. The van der Waals surface area contributed by atoms with Crippen LogP contribution in [0.15, 0.2) is 24.3 Å². The highest BCUT2D eigenvalue weighted by molar-refractivity contribution is 5.41. The van der Waals surface area contributed by atoms with E-state index in [1.54, 1.807) is 0 Å². The molecule has 2 heteroatoms. The Labute approximate surface area is 78.5 Å². The summed E-state index contributed by atoms with van der Waals surface area (Å²) in [5.74, 6) is 1.71. The summed E-state index contributed by atoms with van der Waals surface area (Å²) >= 11 is 0. The second kappa shape index (κ2) is 2.95. The van der Waals surface area contributed by atoms with Gasteiger partial charge in [0.25, 0.3) is 0 Å². The van der Waals surface area contributed by atoms with Crippen LogP contribution in [0.25, 0.3) is 0 Å². The molecular formula is C11H14O2. The monoisotopic (exact) mass is 178 g/mol. The second-order valence-corrected chi connectivity index (χ2v) is 3.64. The molecule has 1 aliphatic heterocycles. The Bertz CT molecular complexity index is 309. The van der Waals surface area contributed by atoms with Crippen LogP contribution in [-0.2, 0) is 0 Å². The van der Waals surface area contributed by atoms with Crippen LogP contribution in [0.2, 0.25) is 0 Å². The standard InChI is InChI=1S/C11H14O2/c1-3-11(2)8-12-9-6-4-5-7-10(9)13-11/h4-7H,3,8H2,1-2H3. The van der Waals surface area contributed by atoms with Crippen LogP contribution in [0.1, 0.15) is 20.3 Å². The fourth-order valence-electron chi connectivity index (χ4n) is 1.35. The molecule has 1 unspecified atom stereocenters. The molecule has 1 heterocycles. The molecule has 2 rings (SSSR count). The summed E-state index contributed by atoms with van der Waals surface area (Å²) < 4.78 is 11.4. The van der Waals surface area contributed by atoms with Gasteiger partial charge in [-0.25, -0.2) is 0 Å². The van der Waals surface area contributed by atoms with Gasteiger partial charge in [-0.1, -0.05) is 19.1 Å². The van der Waals surface area contributed by atoms with Gasteiger partial charge in [-0.15, -0.1) is 0 Å². The number of hydrogen-bond donors (Lipinski definition) is 0. The van der Waals surface area contributed by atoms with E-state index in [0.717, 1.165) is 17.9 Å². The van der Waals surface area contributed by atoms with Crippen molar-refractivity contribution >= 4 is 0 Å². The lowest BCUT2D eigenvalue weighted by atomic mass is 10.0. The van der Waals surface area contributed by atoms with Crippen molar-refractivity contribution < 1.29 is 9.47 Å². The molecule has 1 aromatic carbocycles. The average Bonchev–Trinajstić information content (AvgIpc) is 2.18. The van der Waals surface area contributed by atoms with Crippen molar-refractivity contribution in [2.75, 3.05) is 6.61 Å². The quantitative estimate of drug-likeness (QED) is 0.658. The third-order valence-electron chi connectivity index (χ3n) is 2.49. The molecule has 0 N–H and O–H groups in total. The third-order valence-corrected chi connectivity index (χ3v) is 2.49. The van der Waals surface area contributed by atoms with E-state index in [1.165, 1.54) is 0 Å². The lowest BCUT2D eigenvalue weighted by molar-refractivity contribution is 0.00343. The summed E-state index contributed by atoms with van der Waals surface area (Å²) in [5, 5.41) is 0. The number of hydrogen-bond acceptors (Lipinski definition) is 2. The molecule has 0 amide bonds. The minimum Gasteiger partial charge on any atom is -0.486 e. The highest BCUT2D eigenvalue weighted by atomic mass is 16.6. The number of para-hydroxylation sites is 2. The Morgan fingerprint density at radius 2 is 2.00 bits per heavy atom. The fraction of sp³-hybridized carbons (Fsp3) is 0.455. The van der Waals surface area contributed by atoms with Gasteiger partial charge < -0.3 is 9.47 Å². The van der Waals surface area contributed by atoms with Crippen molar-refractivity contribution in [1.29, 1.82) is 0 Å². The van der Waals surface area contributed by atoms with Crippen LogP contribution in [0.4, 0.5) is 0 Å². The maximum atomic E-state index is 5.84. The van der Waals surface area contributed by atoms with Gasteiger partial charge in [0, 0.05) is 0 Å². The largest absolute Gasteiger partial charge is 0.486 e. The van der Waals surface area contributed by atoms with E-state index in [2.05, 4.69) is 13.8 Å². The fourth-order valence-corrected chi connectivity index (χ4v) is 1.35. The summed E-state index contributed by atoms with van der Waals surface area (Å²) in [6.07, 6.45) is 0.960. The van der Waals surface area contributed by atoms with Gasteiger partial charge in [0.05, 0.1) is 0 Å². The zero-order valence-electron chi connectivity index (χ0n) is 8.04. The van der Waals surface area contributed by atoms with Gasteiger partial charge in [-0.2, -0.15) is 0 Å². The van der Waals surface area contributed by atoms with Gasteiger partial charge in [0.1, 0.15) is 12.2 Å². The van der Waals surface area contributed by atoms with Crippen LogP contribution in [0.5, 0.6) is 11.5 Å². The Hall–Kier alpha value is -1.18. The number of fused-ring (bicyclic) bond motifs is 1. The van der Waals surface area contributed by atoms with Crippen molar-refractivity contribution in [2.45, 2.75) is 25.9 Å². The normalized spacial score (nSPS) is 25.7. The van der Waals surface area contributed by atoms with Crippen molar-refractivity contribution in [3.63, 3.8) is 0 Å². The molecule has 0 fully saturated rings. The zero-order chi connectivity index (χ0) is 9.31. The lowest BCUT2D eigenvalue weighted by Gasteiger charge is -2.34. The molecule has 0 aliphatic carbocycles. The van der Waals surface area contributed by atoms with Gasteiger partial charge in [-0.3, -0.25) is 0 Å². The highest BCUT2D eigenvalue weighted by Gasteiger charge is 2.30. The van der Waals surface area contributed by atoms with Crippen molar-refractivity contribution in [2.24, 2.45) is 0 Å². The van der Waals surface area contributed by atoms with E-state index < -0.39 is 0 Å². The molecular weight excluding hydrogens is 164 g/mol. The van der Waals surface area contributed by atoms with Crippen molar-refractivity contribution in [3.8, 4) is 11.5 Å². The molecule has 0 aromatic heterocycles. The van der Waals surface area contributed by atoms with Gasteiger partial charge in [-0.05, 0) is 25.5 Å². The summed E-state index contributed by atoms with van der Waals surface area (Å²) in [7, 11) is 0. The molecule has 2 nitrogen and oxygen atoms in total. The summed E-state index contributed by atoms with van der Waals surface area (Å²) in [6.45, 7) is 4.82. The van der Waals surface area contributed by atoms with Crippen molar-refractivity contribution in [1.82, 2.24) is 0 Å². The molecule has 0 saturated carbocycles. The van der Waals surface area contributed by atoms with Crippen molar-refractivity contribution in [3.05, 3.63) is 24.3 Å². The lowest BCUT2D eigenvalue weighted by Crippen LogP contribution is -2.41. The van der Waals surface area contributed by atoms with E-state index >= 15 is 0 Å². The molecule has 1 aromatic rings. The maximum absolute atomic E-state index is 5.84. The Balaban J connectivity index is 2.29. The molecule has 0 saturated heterocycles. The van der Waals surface area contributed by atoms with E-state index in [9.17, 15) is 0 Å². The summed E-state index contributed by atoms with van der Waals surface area (Å²) in [5.41, 5.74) is -0.158. The van der Waals surface area contributed by atoms with Gasteiger partial charge in [0.2, 0.25) is 0 Å². The second-order valence-electron chi connectivity index (χ2n) is 3.64. The van der Waals surface area contributed by atoms with Crippen LogP contribution in [0, 0.1) is 0 Å². The van der Waals surface area contributed by atoms with Gasteiger partial charge in [0.15, 0.2) is 11.5 Å². The first kappa shape index (κ1) is 8.42. The molecule has 0 bridgehead atoms. The molecule has 13 heavy (non-hydrogen) atoms. The van der Waals surface area contributed by atoms with E-state index in [4.69, 9.17) is 9.47 Å². The third kappa shape index (κ3) is 1.48. The van der Waals surface area contributed by atoms with E-state index in [0.29, 0.717) is 6.61 Å². The van der Waals surface area contributed by atoms with Crippen LogP contribution in [0.3, 0.4) is 0 Å². The Kier molecular flexibility index (Phi) is 1.91. The zero-order valence-corrected chi connectivity index (χ0v) is 8.04. The number of ether oxygens (including phenoxy) is 2.